The molecule has 1 amide bonds. The molecule has 2 heterocycles. The van der Waals surface area contributed by atoms with Crippen molar-refractivity contribution in [1.29, 1.82) is 0 Å². The Hall–Kier alpha value is -3.32. The van der Waals surface area contributed by atoms with Gasteiger partial charge in [0.2, 0.25) is 5.91 Å². The summed E-state index contributed by atoms with van der Waals surface area (Å²) in [7, 11) is 2.06. The van der Waals surface area contributed by atoms with Crippen molar-refractivity contribution in [1.82, 2.24) is 9.80 Å². The molecule has 0 bridgehead atoms. The summed E-state index contributed by atoms with van der Waals surface area (Å²) in [6, 6.07) is 11.9. The lowest BCUT2D eigenvalue weighted by molar-refractivity contribution is -0.133. The Bertz CT molecular complexity index is 1290. The number of nitrogens with zero attached hydrogens (tertiary/aromatic N) is 2. The number of phenolic OH excluding ortho intramolecular Hbond substituents is 2. The lowest BCUT2D eigenvalue weighted by atomic mass is 9.74. The fraction of sp³-hybridized carbons (Fsp3) is 0.448. The van der Waals surface area contributed by atoms with E-state index in [4.69, 9.17) is 4.42 Å². The van der Waals surface area contributed by atoms with Gasteiger partial charge in [0.05, 0.1) is 0 Å². The zero-order chi connectivity index (χ0) is 25.2. The van der Waals surface area contributed by atoms with Crippen molar-refractivity contribution >= 4 is 16.9 Å². The van der Waals surface area contributed by atoms with Gasteiger partial charge in [0, 0.05) is 61.8 Å². The molecule has 0 unspecified atom stereocenters. The van der Waals surface area contributed by atoms with Gasteiger partial charge in [-0.05, 0) is 25.8 Å². The summed E-state index contributed by atoms with van der Waals surface area (Å²) in [5, 5.41) is 21.8. The second kappa shape index (κ2) is 10.3. The summed E-state index contributed by atoms with van der Waals surface area (Å²) in [6.45, 7) is 3.04. The van der Waals surface area contributed by atoms with E-state index >= 15 is 0 Å². The highest BCUT2D eigenvalue weighted by Crippen LogP contribution is 2.46. The minimum absolute atomic E-state index is 0.0512. The summed E-state index contributed by atoms with van der Waals surface area (Å²) in [5.74, 6) is -0.148. The molecule has 190 valence electrons. The zero-order valence-corrected chi connectivity index (χ0v) is 20.8. The number of hydrogen-bond donors (Lipinski definition) is 2. The summed E-state index contributed by atoms with van der Waals surface area (Å²) < 4.78 is 6.28. The minimum Gasteiger partial charge on any atom is -0.507 e. The molecule has 0 radical (unpaired) electrons. The molecule has 1 saturated carbocycles. The number of likely N-dealkylation sites (N-methyl/N-ethyl adjacent to an activating group) is 1. The normalized spacial score (nSPS) is 18.4. The first kappa shape index (κ1) is 24.4. The summed E-state index contributed by atoms with van der Waals surface area (Å²) in [5.41, 5.74) is 1.00. The van der Waals surface area contributed by atoms with E-state index in [1.165, 1.54) is 12.1 Å². The van der Waals surface area contributed by atoms with Crippen LogP contribution in [0.3, 0.4) is 0 Å². The van der Waals surface area contributed by atoms with Crippen molar-refractivity contribution in [2.75, 3.05) is 33.2 Å². The topological polar surface area (TPSA) is 94.2 Å². The molecule has 2 aromatic carbocycles. The molecule has 2 N–H and O–H groups in total. The Labute approximate surface area is 211 Å². The fourth-order valence-corrected chi connectivity index (χ4v) is 5.84. The Morgan fingerprint density at radius 2 is 1.69 bits per heavy atom. The number of benzene rings is 2. The number of rotatable bonds is 5. The van der Waals surface area contributed by atoms with Gasteiger partial charge in [0.1, 0.15) is 28.2 Å². The van der Waals surface area contributed by atoms with E-state index in [0.717, 1.165) is 50.8 Å². The SMILES string of the molecule is CN1CCN(C(=O)C[C@H](c2c(O)cc(O)c3c(=O)cc(-c4ccccc4)oc23)C2CCCCC2)CC1. The maximum atomic E-state index is 13.5. The van der Waals surface area contributed by atoms with Crippen molar-refractivity contribution in [3.05, 3.63) is 58.3 Å². The van der Waals surface area contributed by atoms with Crippen LogP contribution in [-0.4, -0.2) is 59.1 Å². The summed E-state index contributed by atoms with van der Waals surface area (Å²) in [6.07, 6.45) is 5.43. The van der Waals surface area contributed by atoms with Crippen molar-refractivity contribution in [3.63, 3.8) is 0 Å². The summed E-state index contributed by atoms with van der Waals surface area (Å²) >= 11 is 0. The number of carbonyl (C=O) groups is 1. The highest BCUT2D eigenvalue weighted by atomic mass is 16.3. The van der Waals surface area contributed by atoms with Crippen molar-refractivity contribution in [2.24, 2.45) is 5.92 Å². The number of aromatic hydroxyl groups is 2. The number of hydrogen-bond acceptors (Lipinski definition) is 6. The quantitative estimate of drug-likeness (QED) is 0.539. The Morgan fingerprint density at radius 1 is 1.00 bits per heavy atom. The maximum absolute atomic E-state index is 13.5. The van der Waals surface area contributed by atoms with E-state index in [2.05, 4.69) is 11.9 Å². The lowest BCUT2D eigenvalue weighted by Gasteiger charge is -2.35. The van der Waals surface area contributed by atoms with Gasteiger partial charge in [0.15, 0.2) is 5.43 Å². The van der Waals surface area contributed by atoms with Gasteiger partial charge in [-0.3, -0.25) is 9.59 Å². The zero-order valence-electron chi connectivity index (χ0n) is 20.8. The van der Waals surface area contributed by atoms with Gasteiger partial charge < -0.3 is 24.4 Å². The monoisotopic (exact) mass is 490 g/mol. The van der Waals surface area contributed by atoms with Crippen molar-refractivity contribution < 1.29 is 19.4 Å². The molecule has 3 aromatic rings. The van der Waals surface area contributed by atoms with Gasteiger partial charge in [-0.15, -0.1) is 0 Å². The standard InChI is InChI=1S/C29H34N2O5/c1-30-12-14-31(15-13-30)26(35)16-21(19-8-4-2-5-9-19)27-22(32)17-23(33)28-24(34)18-25(36-29(27)28)20-10-6-3-7-11-20/h3,6-7,10-11,17-19,21,32-33H,2,4-5,8-9,12-16H2,1H3/t21-/m0/s1. The van der Waals surface area contributed by atoms with Crippen molar-refractivity contribution in [3.8, 4) is 22.8 Å². The van der Waals surface area contributed by atoms with Crippen LogP contribution in [0.15, 0.2) is 51.7 Å². The molecule has 2 fully saturated rings. The molecule has 1 aromatic heterocycles. The van der Waals surface area contributed by atoms with Gasteiger partial charge in [-0.1, -0.05) is 49.6 Å². The third kappa shape index (κ3) is 4.85. The number of amides is 1. The molecule has 7 nitrogen and oxygen atoms in total. The third-order valence-corrected chi connectivity index (χ3v) is 7.90. The van der Waals surface area contributed by atoms with E-state index in [1.807, 2.05) is 35.2 Å². The molecule has 1 aliphatic carbocycles. The van der Waals surface area contributed by atoms with E-state index in [9.17, 15) is 19.8 Å². The van der Waals surface area contributed by atoms with Crippen LogP contribution >= 0.6 is 0 Å². The predicted molar refractivity (Wildman–Crippen MR) is 139 cm³/mol. The van der Waals surface area contributed by atoms with Gasteiger partial charge >= 0.3 is 0 Å². The molecule has 2 aliphatic rings. The molecule has 36 heavy (non-hydrogen) atoms. The van der Waals surface area contributed by atoms with Crippen LogP contribution in [0.4, 0.5) is 0 Å². The predicted octanol–water partition coefficient (Wildman–Crippen LogP) is 4.70. The highest BCUT2D eigenvalue weighted by Gasteiger charge is 2.34. The third-order valence-electron chi connectivity index (χ3n) is 7.90. The van der Waals surface area contributed by atoms with Crippen LogP contribution in [0.1, 0.15) is 50.0 Å². The molecule has 1 atom stereocenters. The molecular weight excluding hydrogens is 456 g/mol. The number of piperazine rings is 1. The van der Waals surface area contributed by atoms with Crippen LogP contribution in [0.2, 0.25) is 0 Å². The minimum atomic E-state index is -0.373. The Balaban J connectivity index is 1.63. The molecule has 1 aliphatic heterocycles. The fourth-order valence-electron chi connectivity index (χ4n) is 5.84. The first-order valence-electron chi connectivity index (χ1n) is 13.0. The second-order valence-electron chi connectivity index (χ2n) is 10.3. The van der Waals surface area contributed by atoms with Crippen LogP contribution in [-0.2, 0) is 4.79 Å². The van der Waals surface area contributed by atoms with Gasteiger partial charge in [-0.2, -0.15) is 0 Å². The number of carbonyl (C=O) groups excluding carboxylic acids is 1. The van der Waals surface area contributed by atoms with E-state index < -0.39 is 0 Å². The van der Waals surface area contributed by atoms with Gasteiger partial charge in [-0.25, -0.2) is 0 Å². The number of phenols is 2. The molecule has 1 saturated heterocycles. The lowest BCUT2D eigenvalue weighted by Crippen LogP contribution is -2.47. The Kier molecular flexibility index (Phi) is 7.01. The van der Waals surface area contributed by atoms with Crippen LogP contribution in [0.25, 0.3) is 22.3 Å². The van der Waals surface area contributed by atoms with E-state index in [1.54, 1.807) is 0 Å². The average Bonchev–Trinajstić information content (AvgIpc) is 2.89. The van der Waals surface area contributed by atoms with Crippen LogP contribution < -0.4 is 5.43 Å². The first-order valence-corrected chi connectivity index (χ1v) is 13.0. The largest absolute Gasteiger partial charge is 0.507 e. The molecule has 7 heteroatoms. The second-order valence-corrected chi connectivity index (χ2v) is 10.3. The number of fused-ring (bicyclic) bond motifs is 1. The smallest absolute Gasteiger partial charge is 0.223 e. The maximum Gasteiger partial charge on any atom is 0.223 e. The van der Waals surface area contributed by atoms with E-state index in [-0.39, 0.29) is 52.1 Å². The summed E-state index contributed by atoms with van der Waals surface area (Å²) in [4.78, 5) is 30.8. The van der Waals surface area contributed by atoms with Gasteiger partial charge in [0.25, 0.3) is 0 Å². The Morgan fingerprint density at radius 3 is 2.39 bits per heavy atom. The van der Waals surface area contributed by atoms with Crippen LogP contribution in [0, 0.1) is 5.92 Å². The molecular formula is C29H34N2O5. The van der Waals surface area contributed by atoms with Crippen molar-refractivity contribution in [2.45, 2.75) is 44.4 Å². The first-order chi connectivity index (χ1) is 17.4. The molecule has 5 rings (SSSR count). The highest BCUT2D eigenvalue weighted by molar-refractivity contribution is 5.90. The van der Waals surface area contributed by atoms with Crippen LogP contribution in [0.5, 0.6) is 11.5 Å². The molecule has 0 spiro atoms. The van der Waals surface area contributed by atoms with E-state index in [0.29, 0.717) is 24.4 Å². The average molecular weight is 491 g/mol.